The minimum absolute atomic E-state index is 0.161. The van der Waals surface area contributed by atoms with Gasteiger partial charge in [0.25, 0.3) is 0 Å². The molecule has 1 aliphatic heterocycles. The number of ether oxygens (including phenoxy) is 2. The van der Waals surface area contributed by atoms with Crippen LogP contribution in [-0.4, -0.2) is 70.7 Å². The largest absolute Gasteiger partial charge is 0.450 e. The van der Waals surface area contributed by atoms with Gasteiger partial charge < -0.3 is 14.4 Å². The lowest BCUT2D eigenvalue weighted by atomic mass is 9.82. The van der Waals surface area contributed by atoms with Crippen LogP contribution in [0.3, 0.4) is 0 Å². The Balaban J connectivity index is 2.25. The molecule has 2 fully saturated rings. The highest BCUT2D eigenvalue weighted by atomic mass is 16.6. The van der Waals surface area contributed by atoms with Crippen molar-refractivity contribution < 1.29 is 28.7 Å². The summed E-state index contributed by atoms with van der Waals surface area (Å²) < 4.78 is 10.8. The zero-order valence-corrected chi connectivity index (χ0v) is 18.0. The molecule has 164 valence electrons. The van der Waals surface area contributed by atoms with Crippen molar-refractivity contribution in [1.82, 2.24) is 15.1 Å². The highest BCUT2D eigenvalue weighted by Crippen LogP contribution is 2.34. The maximum Gasteiger partial charge on any atom is 0.410 e. The lowest BCUT2D eigenvalue weighted by Gasteiger charge is -2.50. The number of carbonyl (C=O) groups is 4. The number of nitrogens with zero attached hydrogens (tertiary/aromatic N) is 2. The molecule has 4 amide bonds. The van der Waals surface area contributed by atoms with Crippen LogP contribution in [0.15, 0.2) is 0 Å². The third-order valence-electron chi connectivity index (χ3n) is 5.08. The molecule has 1 heterocycles. The van der Waals surface area contributed by atoms with E-state index in [1.807, 2.05) is 27.7 Å². The number of rotatable bonds is 6. The average molecular weight is 411 g/mol. The number of hydrogen-bond acceptors (Lipinski definition) is 6. The van der Waals surface area contributed by atoms with Gasteiger partial charge in [-0.3, -0.25) is 19.8 Å². The monoisotopic (exact) mass is 411 g/mol. The predicted molar refractivity (Wildman–Crippen MR) is 105 cm³/mol. The SMILES string of the molecule is CCCN(C(=O)OC(C)(C)C)[C@H]1CCC1N(C(=O)OCC)C1CCC(=O)NC1=O. The van der Waals surface area contributed by atoms with Gasteiger partial charge >= 0.3 is 12.2 Å². The fraction of sp³-hybridized carbons (Fsp3) is 0.800. The number of amides is 4. The van der Waals surface area contributed by atoms with Crippen molar-refractivity contribution >= 4 is 24.0 Å². The van der Waals surface area contributed by atoms with Crippen LogP contribution in [0, 0.1) is 0 Å². The Hall–Kier alpha value is -2.32. The van der Waals surface area contributed by atoms with Crippen LogP contribution in [0.1, 0.15) is 66.7 Å². The lowest BCUT2D eigenvalue weighted by Crippen LogP contribution is -2.66. The Kier molecular flexibility index (Phi) is 7.48. The van der Waals surface area contributed by atoms with Crippen LogP contribution in [-0.2, 0) is 19.1 Å². The molecule has 0 aromatic rings. The second-order valence-electron chi connectivity index (χ2n) is 8.46. The molecule has 3 atom stereocenters. The number of imide groups is 1. The summed E-state index contributed by atoms with van der Waals surface area (Å²) in [7, 11) is 0. The van der Waals surface area contributed by atoms with Crippen molar-refractivity contribution in [3.8, 4) is 0 Å². The third-order valence-corrected chi connectivity index (χ3v) is 5.08. The fourth-order valence-electron chi connectivity index (χ4n) is 3.75. The Morgan fingerprint density at radius 2 is 1.72 bits per heavy atom. The van der Waals surface area contributed by atoms with Gasteiger partial charge in [0, 0.05) is 13.0 Å². The van der Waals surface area contributed by atoms with E-state index in [0.29, 0.717) is 19.4 Å². The molecule has 0 spiro atoms. The summed E-state index contributed by atoms with van der Waals surface area (Å²) in [5.41, 5.74) is -0.632. The topological polar surface area (TPSA) is 105 Å². The molecule has 2 unspecified atom stereocenters. The van der Waals surface area contributed by atoms with Gasteiger partial charge in [-0.1, -0.05) is 6.92 Å². The van der Waals surface area contributed by atoms with E-state index in [0.717, 1.165) is 6.42 Å². The first kappa shape index (κ1) is 23.0. The van der Waals surface area contributed by atoms with E-state index in [2.05, 4.69) is 5.32 Å². The summed E-state index contributed by atoms with van der Waals surface area (Å²) in [5.74, 6) is -0.846. The van der Waals surface area contributed by atoms with Crippen LogP contribution in [0.25, 0.3) is 0 Å². The standard InChI is InChI=1S/C20H33N3O6/c1-6-12-22(18(26)29-20(3,4)5)13-8-9-14(13)23(19(27)28-7-2)15-10-11-16(24)21-17(15)25/h13-15H,6-12H2,1-5H3,(H,21,24,25)/t13-,14?,15?/m0/s1. The Bertz CT molecular complexity index is 645. The molecular weight excluding hydrogens is 378 g/mol. The van der Waals surface area contributed by atoms with Crippen LogP contribution in [0.4, 0.5) is 9.59 Å². The van der Waals surface area contributed by atoms with Crippen molar-refractivity contribution in [2.24, 2.45) is 0 Å². The minimum Gasteiger partial charge on any atom is -0.450 e. The van der Waals surface area contributed by atoms with Crippen molar-refractivity contribution in [3.05, 3.63) is 0 Å². The second kappa shape index (κ2) is 9.45. The molecule has 29 heavy (non-hydrogen) atoms. The lowest BCUT2D eigenvalue weighted by molar-refractivity contribution is -0.139. The molecule has 0 aromatic carbocycles. The second-order valence-corrected chi connectivity index (χ2v) is 8.46. The summed E-state index contributed by atoms with van der Waals surface area (Å²) in [5, 5.41) is 2.30. The fourth-order valence-corrected chi connectivity index (χ4v) is 3.75. The predicted octanol–water partition coefficient (Wildman–Crippen LogP) is 2.43. The van der Waals surface area contributed by atoms with Crippen molar-refractivity contribution in [2.45, 2.75) is 90.4 Å². The van der Waals surface area contributed by atoms with E-state index >= 15 is 0 Å². The normalized spacial score (nSPS) is 24.2. The highest BCUT2D eigenvalue weighted by Gasteiger charge is 2.49. The van der Waals surface area contributed by atoms with Gasteiger partial charge in [-0.15, -0.1) is 0 Å². The summed E-state index contributed by atoms with van der Waals surface area (Å²) >= 11 is 0. The first-order valence-corrected chi connectivity index (χ1v) is 10.4. The third kappa shape index (κ3) is 5.61. The van der Waals surface area contributed by atoms with E-state index in [4.69, 9.17) is 9.47 Å². The van der Waals surface area contributed by atoms with Gasteiger partial charge in [0.2, 0.25) is 11.8 Å². The number of hydrogen-bond donors (Lipinski definition) is 1. The van der Waals surface area contributed by atoms with Crippen LogP contribution < -0.4 is 5.32 Å². The van der Waals surface area contributed by atoms with Gasteiger partial charge in [-0.05, 0) is 53.4 Å². The number of piperidine rings is 1. The Morgan fingerprint density at radius 3 is 2.21 bits per heavy atom. The first-order valence-electron chi connectivity index (χ1n) is 10.4. The molecule has 2 aliphatic rings. The maximum absolute atomic E-state index is 12.8. The van der Waals surface area contributed by atoms with Gasteiger partial charge in [-0.25, -0.2) is 9.59 Å². The molecule has 1 saturated heterocycles. The molecular formula is C20H33N3O6. The summed E-state index contributed by atoms with van der Waals surface area (Å²) in [4.78, 5) is 52.6. The molecule has 0 aromatic heterocycles. The van der Waals surface area contributed by atoms with E-state index in [1.165, 1.54) is 4.90 Å². The number of nitrogens with one attached hydrogen (secondary N) is 1. The van der Waals surface area contributed by atoms with Gasteiger partial charge in [-0.2, -0.15) is 0 Å². The molecule has 1 N–H and O–H groups in total. The summed E-state index contributed by atoms with van der Waals surface area (Å²) in [6.45, 7) is 9.74. The summed E-state index contributed by atoms with van der Waals surface area (Å²) in [6.07, 6.45) is 1.46. The van der Waals surface area contributed by atoms with Crippen LogP contribution >= 0.6 is 0 Å². The maximum atomic E-state index is 12.8. The first-order chi connectivity index (χ1) is 13.6. The number of carbonyl (C=O) groups excluding carboxylic acids is 4. The zero-order chi connectivity index (χ0) is 21.8. The zero-order valence-electron chi connectivity index (χ0n) is 18.0. The van der Waals surface area contributed by atoms with E-state index in [1.54, 1.807) is 11.8 Å². The van der Waals surface area contributed by atoms with E-state index < -0.39 is 29.7 Å². The molecule has 9 heteroatoms. The quantitative estimate of drug-likeness (QED) is 0.673. The molecule has 0 radical (unpaired) electrons. The smallest absolute Gasteiger partial charge is 0.410 e. The van der Waals surface area contributed by atoms with E-state index in [-0.39, 0.29) is 37.4 Å². The van der Waals surface area contributed by atoms with Gasteiger partial charge in [0.15, 0.2) is 0 Å². The Morgan fingerprint density at radius 1 is 1.07 bits per heavy atom. The van der Waals surface area contributed by atoms with Crippen molar-refractivity contribution in [1.29, 1.82) is 0 Å². The molecule has 0 bridgehead atoms. The highest BCUT2D eigenvalue weighted by molar-refractivity contribution is 6.01. The Labute approximate surface area is 172 Å². The molecule has 1 saturated carbocycles. The van der Waals surface area contributed by atoms with Gasteiger partial charge in [0.1, 0.15) is 11.6 Å². The average Bonchev–Trinajstić information content (AvgIpc) is 2.57. The van der Waals surface area contributed by atoms with Crippen molar-refractivity contribution in [2.75, 3.05) is 13.2 Å². The van der Waals surface area contributed by atoms with Crippen molar-refractivity contribution in [3.63, 3.8) is 0 Å². The van der Waals surface area contributed by atoms with Crippen LogP contribution in [0.2, 0.25) is 0 Å². The minimum atomic E-state index is -0.790. The molecule has 1 aliphatic carbocycles. The molecule has 9 nitrogen and oxygen atoms in total. The van der Waals surface area contributed by atoms with Gasteiger partial charge in [0.05, 0.1) is 18.7 Å². The van der Waals surface area contributed by atoms with Crippen LogP contribution in [0.5, 0.6) is 0 Å². The summed E-state index contributed by atoms with van der Waals surface area (Å²) in [6, 6.07) is -1.42. The van der Waals surface area contributed by atoms with E-state index in [9.17, 15) is 19.2 Å². The molecule has 2 rings (SSSR count).